The molecular formula is C9H19N. The van der Waals surface area contributed by atoms with Gasteiger partial charge in [-0.05, 0) is 19.3 Å². The second-order valence-electron chi connectivity index (χ2n) is 2.51. The molecule has 0 saturated heterocycles. The van der Waals surface area contributed by atoms with Gasteiger partial charge in [-0.25, -0.2) is 0 Å². The summed E-state index contributed by atoms with van der Waals surface area (Å²) in [6, 6.07) is 0. The lowest BCUT2D eigenvalue weighted by molar-refractivity contribution is 0.894. The summed E-state index contributed by atoms with van der Waals surface area (Å²) in [5.74, 6) is 0. The van der Waals surface area contributed by atoms with Crippen molar-refractivity contribution in [2.24, 2.45) is 0 Å². The molecule has 0 heterocycles. The van der Waals surface area contributed by atoms with E-state index in [0.29, 0.717) is 0 Å². The first-order chi connectivity index (χ1) is 4.43. The van der Waals surface area contributed by atoms with Crippen molar-refractivity contribution in [3.63, 3.8) is 0 Å². The Hall–Kier alpha value is -0.560. The van der Waals surface area contributed by atoms with Gasteiger partial charge < -0.3 is 6.15 Å². The molecule has 1 heteroatoms. The minimum atomic E-state index is 0. The van der Waals surface area contributed by atoms with E-state index in [1.807, 2.05) is 0 Å². The second-order valence-corrected chi connectivity index (χ2v) is 2.51. The molecule has 0 saturated carbocycles. The van der Waals surface area contributed by atoms with Gasteiger partial charge in [0.05, 0.1) is 0 Å². The summed E-state index contributed by atoms with van der Waals surface area (Å²) in [7, 11) is 0. The monoisotopic (exact) mass is 141 g/mol. The van der Waals surface area contributed by atoms with Crippen molar-refractivity contribution < 1.29 is 1.43 Å². The fraction of sp³-hybridized carbons (Fsp3) is 0.556. The summed E-state index contributed by atoms with van der Waals surface area (Å²) < 4.78 is 0. The Bertz CT molecular complexity index is 138. The van der Waals surface area contributed by atoms with Crippen LogP contribution < -0.4 is 6.15 Å². The normalized spacial score (nSPS) is 15.9. The lowest BCUT2D eigenvalue weighted by atomic mass is 10.0. The van der Waals surface area contributed by atoms with E-state index in [0.717, 1.165) is 0 Å². The van der Waals surface area contributed by atoms with Crippen LogP contribution in [0, 0.1) is 0 Å². The van der Waals surface area contributed by atoms with E-state index in [-0.39, 0.29) is 7.58 Å². The molecule has 1 aliphatic carbocycles. The summed E-state index contributed by atoms with van der Waals surface area (Å²) in [6.07, 6.45) is 11.9. The second kappa shape index (κ2) is 5.24. The standard InChI is InChI=1S/C9H14.H3N.H2/c1-2-6-9-7-4-3-5-8-9;;/h4,7-8H,2-3,5-6H2,1H3;1H3;1H. The SMILES string of the molecule is CCCC1=CCCC=C1.N.[HH]. The van der Waals surface area contributed by atoms with Gasteiger partial charge in [-0.15, -0.1) is 0 Å². The summed E-state index contributed by atoms with van der Waals surface area (Å²) in [5.41, 5.74) is 1.53. The molecular weight excluding hydrogens is 122 g/mol. The van der Waals surface area contributed by atoms with Crippen LogP contribution in [-0.2, 0) is 0 Å². The molecule has 0 radical (unpaired) electrons. The Morgan fingerprint density at radius 3 is 2.80 bits per heavy atom. The molecule has 0 aromatic carbocycles. The van der Waals surface area contributed by atoms with Crippen LogP contribution >= 0.6 is 0 Å². The van der Waals surface area contributed by atoms with Gasteiger partial charge in [-0.2, -0.15) is 0 Å². The molecule has 10 heavy (non-hydrogen) atoms. The molecule has 3 N–H and O–H groups in total. The van der Waals surface area contributed by atoms with E-state index >= 15 is 0 Å². The molecule has 0 aliphatic heterocycles. The van der Waals surface area contributed by atoms with Gasteiger partial charge in [0.15, 0.2) is 0 Å². The largest absolute Gasteiger partial charge is 0.344 e. The smallest absolute Gasteiger partial charge is 0 e. The first-order valence-corrected chi connectivity index (χ1v) is 3.79. The third kappa shape index (κ3) is 2.83. The van der Waals surface area contributed by atoms with E-state index in [1.54, 1.807) is 0 Å². The van der Waals surface area contributed by atoms with Crippen LogP contribution in [0.15, 0.2) is 23.8 Å². The highest BCUT2D eigenvalue weighted by molar-refractivity contribution is 5.21. The summed E-state index contributed by atoms with van der Waals surface area (Å²) >= 11 is 0. The summed E-state index contributed by atoms with van der Waals surface area (Å²) in [5, 5.41) is 0. The van der Waals surface area contributed by atoms with E-state index in [2.05, 4.69) is 25.2 Å². The lowest BCUT2D eigenvalue weighted by Gasteiger charge is -2.03. The molecule has 0 aromatic heterocycles. The topological polar surface area (TPSA) is 35.0 Å². The van der Waals surface area contributed by atoms with Crippen molar-refractivity contribution in [2.45, 2.75) is 32.6 Å². The molecule has 0 aromatic rings. The molecule has 0 spiro atoms. The van der Waals surface area contributed by atoms with Crippen LogP contribution in [0.4, 0.5) is 0 Å². The molecule has 0 fully saturated rings. The lowest BCUT2D eigenvalue weighted by Crippen LogP contribution is -1.82. The van der Waals surface area contributed by atoms with E-state index < -0.39 is 0 Å². The fourth-order valence-corrected chi connectivity index (χ4v) is 1.14. The first kappa shape index (κ1) is 9.44. The Labute approximate surface area is 64.9 Å². The van der Waals surface area contributed by atoms with E-state index in [1.165, 1.54) is 31.3 Å². The molecule has 1 nitrogen and oxygen atoms in total. The zero-order valence-corrected chi connectivity index (χ0v) is 6.77. The number of hydrogen-bond donors (Lipinski definition) is 1. The van der Waals surface area contributed by atoms with Crippen molar-refractivity contribution >= 4 is 0 Å². The summed E-state index contributed by atoms with van der Waals surface area (Å²) in [4.78, 5) is 0. The van der Waals surface area contributed by atoms with Gasteiger partial charge >= 0.3 is 0 Å². The van der Waals surface area contributed by atoms with Gasteiger partial charge in [-0.1, -0.05) is 37.1 Å². The maximum absolute atomic E-state index is 2.35. The number of allylic oxidation sites excluding steroid dienone is 4. The zero-order valence-electron chi connectivity index (χ0n) is 6.77. The molecule has 1 rings (SSSR count). The average molecular weight is 141 g/mol. The zero-order chi connectivity index (χ0) is 6.53. The maximum atomic E-state index is 2.35. The highest BCUT2D eigenvalue weighted by Crippen LogP contribution is 2.13. The van der Waals surface area contributed by atoms with Crippen molar-refractivity contribution in [1.82, 2.24) is 6.15 Å². The molecule has 0 unspecified atom stereocenters. The van der Waals surface area contributed by atoms with Gasteiger partial charge in [0.1, 0.15) is 0 Å². The number of rotatable bonds is 2. The third-order valence-electron chi connectivity index (χ3n) is 1.61. The molecule has 60 valence electrons. The molecule has 0 atom stereocenters. The van der Waals surface area contributed by atoms with Gasteiger partial charge in [0.25, 0.3) is 0 Å². The quantitative estimate of drug-likeness (QED) is 0.627. The highest BCUT2D eigenvalue weighted by atomic mass is 14.0. The predicted octanol–water partition coefficient (Wildman–Crippen LogP) is 3.47. The van der Waals surface area contributed by atoms with Crippen molar-refractivity contribution in [3.8, 4) is 0 Å². The predicted molar refractivity (Wildman–Crippen MR) is 48.5 cm³/mol. The van der Waals surface area contributed by atoms with Crippen LogP contribution in [0.3, 0.4) is 0 Å². The van der Waals surface area contributed by atoms with E-state index in [9.17, 15) is 0 Å². The van der Waals surface area contributed by atoms with Gasteiger partial charge in [0.2, 0.25) is 0 Å². The van der Waals surface area contributed by atoms with Crippen LogP contribution in [0.5, 0.6) is 0 Å². The minimum Gasteiger partial charge on any atom is -0.344 e. The van der Waals surface area contributed by atoms with E-state index in [4.69, 9.17) is 0 Å². The molecule has 0 bridgehead atoms. The Morgan fingerprint density at radius 2 is 2.30 bits per heavy atom. The van der Waals surface area contributed by atoms with Crippen molar-refractivity contribution in [1.29, 1.82) is 0 Å². The van der Waals surface area contributed by atoms with Gasteiger partial charge in [-0.3, -0.25) is 0 Å². The average Bonchev–Trinajstić information content (AvgIpc) is 1.91. The Morgan fingerprint density at radius 1 is 1.50 bits per heavy atom. The number of hydrogen-bond acceptors (Lipinski definition) is 1. The Balaban J connectivity index is 0. The fourth-order valence-electron chi connectivity index (χ4n) is 1.14. The highest BCUT2D eigenvalue weighted by Gasteiger charge is 1.93. The van der Waals surface area contributed by atoms with Crippen molar-refractivity contribution in [2.75, 3.05) is 0 Å². The van der Waals surface area contributed by atoms with Gasteiger partial charge in [0, 0.05) is 1.43 Å². The third-order valence-corrected chi connectivity index (χ3v) is 1.61. The van der Waals surface area contributed by atoms with Crippen LogP contribution in [0.1, 0.15) is 34.0 Å². The minimum absolute atomic E-state index is 0. The van der Waals surface area contributed by atoms with Crippen molar-refractivity contribution in [3.05, 3.63) is 23.8 Å². The molecule has 0 amide bonds. The van der Waals surface area contributed by atoms with Crippen LogP contribution in [0.2, 0.25) is 0 Å². The first-order valence-electron chi connectivity index (χ1n) is 3.79. The van der Waals surface area contributed by atoms with Crippen LogP contribution in [-0.4, -0.2) is 0 Å². The van der Waals surface area contributed by atoms with Crippen LogP contribution in [0.25, 0.3) is 0 Å². The Kier molecular flexibility index (Phi) is 4.95. The summed E-state index contributed by atoms with van der Waals surface area (Å²) in [6.45, 7) is 2.23. The maximum Gasteiger partial charge on any atom is 0 e. The molecule has 1 aliphatic rings.